The number of aliphatic carboxylic acids is 1. The standard InChI is InChI=1S/C12H21N3O5/c1-3-13-10(16)5-14-12(19)15(4-2)9-7-20-6-8(9)11(17)18/h8-9H,3-7H2,1-2H3,(H,13,16)(H,14,19)(H,17,18). The number of nitrogens with zero attached hydrogens (tertiary/aromatic N) is 1. The highest BCUT2D eigenvalue weighted by Gasteiger charge is 2.39. The zero-order chi connectivity index (χ0) is 15.1. The molecule has 2 unspecified atom stereocenters. The first-order valence-corrected chi connectivity index (χ1v) is 6.62. The Hall–Kier alpha value is -1.83. The molecule has 2 atom stereocenters. The number of carbonyl (C=O) groups is 3. The second kappa shape index (κ2) is 7.68. The molecule has 0 aromatic carbocycles. The first-order valence-electron chi connectivity index (χ1n) is 6.62. The van der Waals surface area contributed by atoms with E-state index in [2.05, 4.69) is 10.6 Å². The second-order valence-corrected chi connectivity index (χ2v) is 4.45. The number of rotatable bonds is 6. The van der Waals surface area contributed by atoms with Gasteiger partial charge < -0.3 is 25.4 Å². The SMILES string of the molecule is CCNC(=O)CNC(=O)N(CC)C1COCC1C(=O)O. The Labute approximate surface area is 117 Å². The quantitative estimate of drug-likeness (QED) is 0.596. The average Bonchev–Trinajstić information content (AvgIpc) is 2.87. The van der Waals surface area contributed by atoms with E-state index in [-0.39, 0.29) is 25.7 Å². The Balaban J connectivity index is 2.58. The van der Waals surface area contributed by atoms with Crippen LogP contribution in [0.15, 0.2) is 0 Å². The molecule has 0 spiro atoms. The van der Waals surface area contributed by atoms with E-state index >= 15 is 0 Å². The first kappa shape index (κ1) is 16.2. The van der Waals surface area contributed by atoms with Gasteiger partial charge in [-0.05, 0) is 13.8 Å². The summed E-state index contributed by atoms with van der Waals surface area (Å²) in [5, 5.41) is 14.1. The van der Waals surface area contributed by atoms with Gasteiger partial charge in [-0.1, -0.05) is 0 Å². The van der Waals surface area contributed by atoms with Crippen molar-refractivity contribution in [2.45, 2.75) is 19.9 Å². The third-order valence-electron chi connectivity index (χ3n) is 3.14. The Kier molecular flexibility index (Phi) is 6.23. The minimum Gasteiger partial charge on any atom is -0.481 e. The number of urea groups is 1. The van der Waals surface area contributed by atoms with Gasteiger partial charge >= 0.3 is 12.0 Å². The zero-order valence-corrected chi connectivity index (χ0v) is 11.7. The van der Waals surface area contributed by atoms with E-state index in [1.54, 1.807) is 13.8 Å². The maximum absolute atomic E-state index is 12.0. The van der Waals surface area contributed by atoms with Gasteiger partial charge in [-0.3, -0.25) is 9.59 Å². The molecule has 3 N–H and O–H groups in total. The number of carboxylic acids is 1. The molecule has 0 aliphatic carbocycles. The van der Waals surface area contributed by atoms with E-state index in [1.165, 1.54) is 4.90 Å². The number of carbonyl (C=O) groups excluding carboxylic acids is 2. The van der Waals surface area contributed by atoms with Gasteiger partial charge in [0.1, 0.15) is 5.92 Å². The molecule has 0 saturated carbocycles. The normalized spacial score (nSPS) is 21.3. The zero-order valence-electron chi connectivity index (χ0n) is 11.7. The predicted molar refractivity (Wildman–Crippen MR) is 70.2 cm³/mol. The molecule has 1 aliphatic heterocycles. The molecule has 20 heavy (non-hydrogen) atoms. The summed E-state index contributed by atoms with van der Waals surface area (Å²) in [6.07, 6.45) is 0. The molecule has 8 heteroatoms. The largest absolute Gasteiger partial charge is 0.481 e. The van der Waals surface area contributed by atoms with E-state index in [4.69, 9.17) is 9.84 Å². The van der Waals surface area contributed by atoms with Gasteiger partial charge in [0.2, 0.25) is 5.91 Å². The highest BCUT2D eigenvalue weighted by atomic mass is 16.5. The van der Waals surface area contributed by atoms with Crippen molar-refractivity contribution in [1.82, 2.24) is 15.5 Å². The lowest BCUT2D eigenvalue weighted by molar-refractivity contribution is -0.142. The molecule has 0 aromatic heterocycles. The summed E-state index contributed by atoms with van der Waals surface area (Å²) in [6.45, 7) is 4.53. The van der Waals surface area contributed by atoms with Gasteiger partial charge in [-0.25, -0.2) is 4.79 Å². The van der Waals surface area contributed by atoms with Gasteiger partial charge in [0.05, 0.1) is 25.8 Å². The average molecular weight is 287 g/mol. The van der Waals surface area contributed by atoms with Crippen molar-refractivity contribution in [3.63, 3.8) is 0 Å². The number of hydrogen-bond acceptors (Lipinski definition) is 4. The molecule has 1 fully saturated rings. The molecule has 3 amide bonds. The first-order chi connectivity index (χ1) is 9.51. The van der Waals surface area contributed by atoms with E-state index in [0.717, 1.165) is 0 Å². The van der Waals surface area contributed by atoms with Crippen molar-refractivity contribution in [2.75, 3.05) is 32.8 Å². The number of nitrogens with one attached hydrogen (secondary N) is 2. The Morgan fingerprint density at radius 1 is 1.25 bits per heavy atom. The Bertz CT molecular complexity index is 374. The monoisotopic (exact) mass is 287 g/mol. The van der Waals surface area contributed by atoms with Gasteiger partial charge in [-0.2, -0.15) is 0 Å². The van der Waals surface area contributed by atoms with Crippen molar-refractivity contribution in [1.29, 1.82) is 0 Å². The van der Waals surface area contributed by atoms with E-state index in [9.17, 15) is 14.4 Å². The molecule has 114 valence electrons. The van der Waals surface area contributed by atoms with Crippen molar-refractivity contribution < 1.29 is 24.2 Å². The van der Waals surface area contributed by atoms with Gasteiger partial charge in [0.15, 0.2) is 0 Å². The topological polar surface area (TPSA) is 108 Å². The molecule has 1 saturated heterocycles. The van der Waals surface area contributed by atoms with Crippen LogP contribution in [0.2, 0.25) is 0 Å². The van der Waals surface area contributed by atoms with Gasteiger partial charge in [0, 0.05) is 13.1 Å². The lowest BCUT2D eigenvalue weighted by atomic mass is 10.0. The molecule has 1 heterocycles. The van der Waals surface area contributed by atoms with Crippen LogP contribution in [0.5, 0.6) is 0 Å². The minimum absolute atomic E-state index is 0.0973. The maximum atomic E-state index is 12.0. The molecule has 1 rings (SSSR count). The fourth-order valence-corrected chi connectivity index (χ4v) is 2.13. The van der Waals surface area contributed by atoms with Gasteiger partial charge in [0.25, 0.3) is 0 Å². The molecule has 0 aromatic rings. The smallest absolute Gasteiger partial charge is 0.318 e. The van der Waals surface area contributed by atoms with E-state index < -0.39 is 24.0 Å². The fraction of sp³-hybridized carbons (Fsp3) is 0.750. The minimum atomic E-state index is -0.984. The molecule has 8 nitrogen and oxygen atoms in total. The maximum Gasteiger partial charge on any atom is 0.318 e. The van der Waals surface area contributed by atoms with Crippen LogP contribution in [-0.2, 0) is 14.3 Å². The van der Waals surface area contributed by atoms with Crippen molar-refractivity contribution >= 4 is 17.9 Å². The molecule has 0 bridgehead atoms. The summed E-state index contributed by atoms with van der Waals surface area (Å²) in [7, 11) is 0. The van der Waals surface area contributed by atoms with E-state index in [0.29, 0.717) is 13.1 Å². The van der Waals surface area contributed by atoms with Crippen LogP contribution in [0, 0.1) is 5.92 Å². The third kappa shape index (κ3) is 4.09. The number of ether oxygens (including phenoxy) is 1. The van der Waals surface area contributed by atoms with E-state index in [1.807, 2.05) is 0 Å². The number of carboxylic acid groups (broad SMARTS) is 1. The number of amides is 3. The van der Waals surface area contributed by atoms with Crippen LogP contribution >= 0.6 is 0 Å². The van der Waals surface area contributed by atoms with Crippen molar-refractivity contribution in [3.8, 4) is 0 Å². The van der Waals surface area contributed by atoms with Crippen LogP contribution in [0.4, 0.5) is 4.79 Å². The molecular formula is C12H21N3O5. The lowest BCUT2D eigenvalue weighted by Gasteiger charge is -2.29. The highest BCUT2D eigenvalue weighted by Crippen LogP contribution is 2.20. The van der Waals surface area contributed by atoms with Crippen molar-refractivity contribution in [2.24, 2.45) is 5.92 Å². The van der Waals surface area contributed by atoms with Crippen LogP contribution in [0.25, 0.3) is 0 Å². The molecule has 0 radical (unpaired) electrons. The summed E-state index contributed by atoms with van der Waals surface area (Å²) in [6, 6.07) is -0.966. The summed E-state index contributed by atoms with van der Waals surface area (Å²) in [5.74, 6) is -2.00. The summed E-state index contributed by atoms with van der Waals surface area (Å²) in [4.78, 5) is 35.8. The van der Waals surface area contributed by atoms with Gasteiger partial charge in [-0.15, -0.1) is 0 Å². The third-order valence-corrected chi connectivity index (χ3v) is 3.14. The summed E-state index contributed by atoms with van der Waals surface area (Å²) in [5.41, 5.74) is 0. The Morgan fingerprint density at radius 3 is 2.50 bits per heavy atom. The summed E-state index contributed by atoms with van der Waals surface area (Å²) < 4.78 is 5.15. The van der Waals surface area contributed by atoms with Crippen molar-refractivity contribution in [3.05, 3.63) is 0 Å². The van der Waals surface area contributed by atoms with Crippen LogP contribution in [-0.4, -0.2) is 66.8 Å². The molecular weight excluding hydrogens is 266 g/mol. The highest BCUT2D eigenvalue weighted by molar-refractivity contribution is 5.84. The fourth-order valence-electron chi connectivity index (χ4n) is 2.13. The molecule has 1 aliphatic rings. The Morgan fingerprint density at radius 2 is 1.95 bits per heavy atom. The van der Waals surface area contributed by atoms with Crippen LogP contribution in [0.3, 0.4) is 0 Å². The second-order valence-electron chi connectivity index (χ2n) is 4.45. The lowest BCUT2D eigenvalue weighted by Crippen LogP contribution is -2.52. The predicted octanol–water partition coefficient (Wildman–Crippen LogP) is -0.746. The van der Waals surface area contributed by atoms with Crippen LogP contribution in [0.1, 0.15) is 13.8 Å². The van der Waals surface area contributed by atoms with Crippen LogP contribution < -0.4 is 10.6 Å². The number of likely N-dealkylation sites (N-methyl/N-ethyl adjacent to an activating group) is 2. The summed E-state index contributed by atoms with van der Waals surface area (Å²) >= 11 is 0. The number of hydrogen-bond donors (Lipinski definition) is 3.